The summed E-state index contributed by atoms with van der Waals surface area (Å²) in [6, 6.07) is 0. The molecule has 1 unspecified atom stereocenters. The molecule has 0 fully saturated rings. The van der Waals surface area contributed by atoms with Crippen molar-refractivity contribution in [1.82, 2.24) is 0 Å². The van der Waals surface area contributed by atoms with Gasteiger partial charge in [-0.3, -0.25) is 0 Å². The summed E-state index contributed by atoms with van der Waals surface area (Å²) in [6.45, 7) is 6.93. The Bertz CT molecular complexity index is 192. The second-order valence-electron chi connectivity index (χ2n) is 6.39. The van der Waals surface area contributed by atoms with Crippen LogP contribution in [0.25, 0.3) is 0 Å². The van der Waals surface area contributed by atoms with Gasteiger partial charge in [-0.1, -0.05) is 104 Å². The van der Waals surface area contributed by atoms with Crippen LogP contribution in [0.1, 0.15) is 111 Å². The molecule has 0 N–H and O–H groups in total. The lowest BCUT2D eigenvalue weighted by Crippen LogP contribution is -1.97. The van der Waals surface area contributed by atoms with Crippen molar-refractivity contribution in [3.63, 3.8) is 0 Å². The van der Waals surface area contributed by atoms with Crippen LogP contribution in [0.2, 0.25) is 0 Å². The molecule has 0 saturated carbocycles. The van der Waals surface area contributed by atoms with Gasteiger partial charge >= 0.3 is 0 Å². The number of allylic oxidation sites excluding steroid dienone is 2. The first kappa shape index (κ1) is 19.7. The van der Waals surface area contributed by atoms with Crippen molar-refractivity contribution in [3.8, 4) is 0 Å². The molecule has 0 aliphatic heterocycles. The maximum absolute atomic E-state index is 2.46. The van der Waals surface area contributed by atoms with E-state index in [1.807, 2.05) is 0 Å². The zero-order valence-corrected chi connectivity index (χ0v) is 14.6. The molecule has 120 valence electrons. The van der Waals surface area contributed by atoms with Gasteiger partial charge in [0.1, 0.15) is 0 Å². The van der Waals surface area contributed by atoms with Crippen LogP contribution in [-0.4, -0.2) is 0 Å². The topological polar surface area (TPSA) is 0 Å². The molecule has 0 heterocycles. The number of rotatable bonds is 15. The van der Waals surface area contributed by atoms with Crippen LogP contribution in [0.4, 0.5) is 0 Å². The highest BCUT2D eigenvalue weighted by atomic mass is 14.1. The maximum Gasteiger partial charge on any atom is -0.0322 e. The third kappa shape index (κ3) is 14.2. The van der Waals surface area contributed by atoms with Crippen LogP contribution in [0, 0.1) is 5.92 Å². The summed E-state index contributed by atoms with van der Waals surface area (Å²) in [5.41, 5.74) is 0. The highest BCUT2D eigenvalue weighted by Crippen LogP contribution is 2.18. The van der Waals surface area contributed by atoms with Crippen molar-refractivity contribution in [1.29, 1.82) is 0 Å². The number of hydrogen-bond acceptors (Lipinski definition) is 0. The van der Waals surface area contributed by atoms with Crippen molar-refractivity contribution in [2.24, 2.45) is 5.92 Å². The Balaban J connectivity index is 3.40. The first-order valence-corrected chi connectivity index (χ1v) is 9.50. The molecular weight excluding hydrogens is 240 g/mol. The van der Waals surface area contributed by atoms with E-state index < -0.39 is 0 Å². The smallest absolute Gasteiger partial charge is 0.0322 e. The highest BCUT2D eigenvalue weighted by Gasteiger charge is 2.03. The molecule has 0 aliphatic rings. The van der Waals surface area contributed by atoms with Crippen LogP contribution in [-0.2, 0) is 0 Å². The molecule has 0 radical (unpaired) electrons. The normalized spacial score (nSPS) is 13.2. The summed E-state index contributed by atoms with van der Waals surface area (Å²) >= 11 is 0. The minimum Gasteiger partial charge on any atom is -0.0885 e. The summed E-state index contributed by atoms with van der Waals surface area (Å²) in [7, 11) is 0. The number of hydrogen-bond donors (Lipinski definition) is 0. The third-order valence-electron chi connectivity index (χ3n) is 4.40. The fraction of sp³-hybridized carbons (Fsp3) is 0.900. The van der Waals surface area contributed by atoms with Crippen LogP contribution in [0.3, 0.4) is 0 Å². The summed E-state index contributed by atoms with van der Waals surface area (Å²) in [5, 5.41) is 0. The zero-order chi connectivity index (χ0) is 14.9. The predicted octanol–water partition coefficient (Wildman–Crippen LogP) is 7.68. The van der Waals surface area contributed by atoms with Gasteiger partial charge in [0.25, 0.3) is 0 Å². The highest BCUT2D eigenvalue weighted by molar-refractivity contribution is 4.83. The molecule has 0 aromatic rings. The summed E-state index contributed by atoms with van der Waals surface area (Å²) < 4.78 is 0. The lowest BCUT2D eigenvalue weighted by Gasteiger charge is -2.11. The fourth-order valence-corrected chi connectivity index (χ4v) is 2.80. The zero-order valence-electron chi connectivity index (χ0n) is 14.6. The first-order valence-electron chi connectivity index (χ1n) is 9.50. The molecule has 0 aliphatic carbocycles. The van der Waals surface area contributed by atoms with Gasteiger partial charge in [-0.2, -0.15) is 0 Å². The van der Waals surface area contributed by atoms with Crippen LogP contribution in [0.5, 0.6) is 0 Å². The molecular formula is C20H40. The lowest BCUT2D eigenvalue weighted by atomic mass is 9.94. The minimum atomic E-state index is 0.938. The van der Waals surface area contributed by atoms with Gasteiger partial charge in [0.05, 0.1) is 0 Å². The maximum atomic E-state index is 2.46. The van der Waals surface area contributed by atoms with E-state index in [2.05, 4.69) is 32.9 Å². The van der Waals surface area contributed by atoms with Crippen molar-refractivity contribution in [3.05, 3.63) is 12.2 Å². The van der Waals surface area contributed by atoms with Crippen molar-refractivity contribution < 1.29 is 0 Å². The Morgan fingerprint density at radius 3 is 1.90 bits per heavy atom. The lowest BCUT2D eigenvalue weighted by molar-refractivity contribution is 0.445. The van der Waals surface area contributed by atoms with Crippen LogP contribution in [0.15, 0.2) is 12.2 Å². The third-order valence-corrected chi connectivity index (χ3v) is 4.40. The van der Waals surface area contributed by atoms with Gasteiger partial charge < -0.3 is 0 Å². The Labute approximate surface area is 129 Å². The van der Waals surface area contributed by atoms with E-state index in [9.17, 15) is 0 Å². The van der Waals surface area contributed by atoms with Crippen LogP contribution < -0.4 is 0 Å². The van der Waals surface area contributed by atoms with E-state index >= 15 is 0 Å². The monoisotopic (exact) mass is 280 g/mol. The van der Waals surface area contributed by atoms with Gasteiger partial charge in [-0.15, -0.1) is 0 Å². The molecule has 0 rings (SSSR count). The summed E-state index contributed by atoms with van der Waals surface area (Å²) in [6.07, 6.45) is 24.5. The molecule has 20 heavy (non-hydrogen) atoms. The van der Waals surface area contributed by atoms with Gasteiger partial charge in [0.15, 0.2) is 0 Å². The van der Waals surface area contributed by atoms with Crippen LogP contribution >= 0.6 is 0 Å². The Morgan fingerprint density at radius 2 is 1.25 bits per heavy atom. The number of unbranched alkanes of at least 4 members (excludes halogenated alkanes) is 9. The summed E-state index contributed by atoms with van der Waals surface area (Å²) in [5.74, 6) is 0.938. The second-order valence-corrected chi connectivity index (χ2v) is 6.39. The molecule has 0 spiro atoms. The van der Waals surface area contributed by atoms with Gasteiger partial charge in [0, 0.05) is 0 Å². The minimum absolute atomic E-state index is 0.938. The van der Waals surface area contributed by atoms with Crippen molar-refractivity contribution >= 4 is 0 Å². The Morgan fingerprint density at radius 1 is 0.650 bits per heavy atom. The molecule has 0 aromatic carbocycles. The Kier molecular flexibility index (Phi) is 16.6. The van der Waals surface area contributed by atoms with E-state index in [-0.39, 0.29) is 0 Å². The van der Waals surface area contributed by atoms with E-state index in [1.165, 1.54) is 89.9 Å². The average molecular weight is 281 g/mol. The summed E-state index contributed by atoms with van der Waals surface area (Å²) in [4.78, 5) is 0. The molecule has 0 bridgehead atoms. The van der Waals surface area contributed by atoms with E-state index in [1.54, 1.807) is 0 Å². The SMILES string of the molecule is CCCCCCCC/C=C\CC(CC)CCCCCC. The van der Waals surface area contributed by atoms with Gasteiger partial charge in [0.2, 0.25) is 0 Å². The quantitative estimate of drug-likeness (QED) is 0.213. The van der Waals surface area contributed by atoms with E-state index in [0.29, 0.717) is 0 Å². The fourth-order valence-electron chi connectivity index (χ4n) is 2.80. The first-order chi connectivity index (χ1) is 9.85. The molecule has 0 saturated heterocycles. The average Bonchev–Trinajstić information content (AvgIpc) is 2.47. The molecule has 0 heteroatoms. The Hall–Kier alpha value is -0.260. The molecule has 0 amide bonds. The largest absolute Gasteiger partial charge is 0.0885 e. The van der Waals surface area contributed by atoms with E-state index in [0.717, 1.165) is 5.92 Å². The second kappa shape index (κ2) is 16.8. The van der Waals surface area contributed by atoms with Crippen molar-refractivity contribution in [2.45, 2.75) is 111 Å². The van der Waals surface area contributed by atoms with Crippen molar-refractivity contribution in [2.75, 3.05) is 0 Å². The predicted molar refractivity (Wildman–Crippen MR) is 94.3 cm³/mol. The molecule has 0 aromatic heterocycles. The standard InChI is InChI=1S/C20H40/c1-4-7-9-11-12-13-14-15-17-19-20(6-3)18-16-10-8-5-2/h15,17,20H,4-14,16,18-19H2,1-3H3/b17-15-. The van der Waals surface area contributed by atoms with Gasteiger partial charge in [-0.05, 0) is 25.2 Å². The molecule has 1 atom stereocenters. The molecule has 0 nitrogen and oxygen atoms in total. The van der Waals surface area contributed by atoms with Gasteiger partial charge in [-0.25, -0.2) is 0 Å². The van der Waals surface area contributed by atoms with E-state index in [4.69, 9.17) is 0 Å².